The average Bonchev–Trinajstić information content (AvgIpc) is 3.32. The van der Waals surface area contributed by atoms with Gasteiger partial charge in [-0.2, -0.15) is 0 Å². The number of para-hydroxylation sites is 1. The molecule has 0 aliphatic heterocycles. The number of fused-ring (bicyclic) bond motifs is 1. The summed E-state index contributed by atoms with van der Waals surface area (Å²) in [5, 5.41) is 1.22. The van der Waals surface area contributed by atoms with Gasteiger partial charge in [0.15, 0.2) is 0 Å². The topological polar surface area (TPSA) is 51.1 Å². The van der Waals surface area contributed by atoms with E-state index in [2.05, 4.69) is 27.6 Å². The summed E-state index contributed by atoms with van der Waals surface area (Å²) in [5.74, 6) is 0. The van der Waals surface area contributed by atoms with Crippen molar-refractivity contribution in [2.75, 3.05) is 6.54 Å². The van der Waals surface area contributed by atoms with Gasteiger partial charge in [-0.1, -0.05) is 36.4 Å². The molecule has 4 nitrogen and oxygen atoms in total. The highest BCUT2D eigenvalue weighted by molar-refractivity contribution is 7.89. The standard InChI is InChI=1S/C19H20N2O2S/c1-21-13-17(16-9-5-6-10-18(16)21)19(11-12-19)14-20-24(22,23)15-7-3-2-4-8-15/h2-10,13,20H,11-12,14H2,1H3. The summed E-state index contributed by atoms with van der Waals surface area (Å²) < 4.78 is 29.9. The van der Waals surface area contributed by atoms with Gasteiger partial charge in [0.1, 0.15) is 0 Å². The van der Waals surface area contributed by atoms with Crippen LogP contribution in [-0.4, -0.2) is 19.5 Å². The fraction of sp³-hybridized carbons (Fsp3) is 0.263. The second kappa shape index (κ2) is 5.46. The number of benzene rings is 2. The van der Waals surface area contributed by atoms with Gasteiger partial charge in [-0.25, -0.2) is 13.1 Å². The first-order valence-electron chi connectivity index (χ1n) is 8.11. The highest BCUT2D eigenvalue weighted by Gasteiger charge is 2.46. The van der Waals surface area contributed by atoms with E-state index in [-0.39, 0.29) is 5.41 Å². The number of hydrogen-bond donors (Lipinski definition) is 1. The minimum absolute atomic E-state index is 0.0806. The van der Waals surface area contributed by atoms with Gasteiger partial charge in [-0.15, -0.1) is 0 Å². The number of sulfonamides is 1. The van der Waals surface area contributed by atoms with Crippen molar-refractivity contribution in [1.29, 1.82) is 0 Å². The molecule has 1 fully saturated rings. The highest BCUT2D eigenvalue weighted by Crippen LogP contribution is 2.50. The van der Waals surface area contributed by atoms with Crippen LogP contribution in [0, 0.1) is 0 Å². The lowest BCUT2D eigenvalue weighted by molar-refractivity contribution is 0.567. The molecule has 0 saturated heterocycles. The van der Waals surface area contributed by atoms with E-state index in [0.717, 1.165) is 12.8 Å². The number of rotatable bonds is 5. The van der Waals surface area contributed by atoms with Crippen molar-refractivity contribution in [3.8, 4) is 0 Å². The predicted molar refractivity (Wildman–Crippen MR) is 95.5 cm³/mol. The number of aromatic nitrogens is 1. The number of nitrogens with zero attached hydrogens (tertiary/aromatic N) is 1. The monoisotopic (exact) mass is 340 g/mol. The van der Waals surface area contributed by atoms with Gasteiger partial charge in [-0.05, 0) is 36.6 Å². The zero-order valence-electron chi connectivity index (χ0n) is 13.6. The lowest BCUT2D eigenvalue weighted by atomic mass is 9.96. The third-order valence-electron chi connectivity index (χ3n) is 4.98. The molecule has 1 heterocycles. The summed E-state index contributed by atoms with van der Waals surface area (Å²) in [5.41, 5.74) is 2.35. The molecule has 1 saturated carbocycles. The maximum atomic E-state index is 12.5. The van der Waals surface area contributed by atoms with Gasteiger partial charge in [0.05, 0.1) is 4.90 Å². The van der Waals surface area contributed by atoms with Crippen LogP contribution in [0.15, 0.2) is 65.7 Å². The van der Waals surface area contributed by atoms with E-state index in [0.29, 0.717) is 11.4 Å². The zero-order valence-corrected chi connectivity index (χ0v) is 14.4. The first kappa shape index (κ1) is 15.4. The quantitative estimate of drug-likeness (QED) is 0.775. The van der Waals surface area contributed by atoms with Gasteiger partial charge in [0.25, 0.3) is 0 Å². The summed E-state index contributed by atoms with van der Waals surface area (Å²) in [6.07, 6.45) is 4.17. The number of hydrogen-bond acceptors (Lipinski definition) is 2. The molecule has 3 aromatic rings. The maximum absolute atomic E-state index is 12.5. The Bertz CT molecular complexity index is 987. The van der Waals surface area contributed by atoms with Crippen LogP contribution in [0.25, 0.3) is 10.9 Å². The van der Waals surface area contributed by atoms with Gasteiger partial charge >= 0.3 is 0 Å². The average molecular weight is 340 g/mol. The summed E-state index contributed by atoms with van der Waals surface area (Å²) in [6.45, 7) is 0.443. The highest BCUT2D eigenvalue weighted by atomic mass is 32.2. The Labute approximate surface area is 142 Å². The Morgan fingerprint density at radius 1 is 1.04 bits per heavy atom. The maximum Gasteiger partial charge on any atom is 0.240 e. The van der Waals surface area contributed by atoms with Gasteiger partial charge in [0.2, 0.25) is 10.0 Å². The molecule has 0 spiro atoms. The summed E-state index contributed by atoms with van der Waals surface area (Å²) in [4.78, 5) is 0.318. The van der Waals surface area contributed by atoms with Crippen LogP contribution in [0.4, 0.5) is 0 Å². The van der Waals surface area contributed by atoms with Crippen LogP contribution in [0.5, 0.6) is 0 Å². The Hall–Kier alpha value is -2.11. The van der Waals surface area contributed by atoms with Crippen LogP contribution < -0.4 is 4.72 Å². The van der Waals surface area contributed by atoms with Crippen LogP contribution in [-0.2, 0) is 22.5 Å². The van der Waals surface area contributed by atoms with Crippen molar-refractivity contribution in [1.82, 2.24) is 9.29 Å². The molecule has 0 bridgehead atoms. The van der Waals surface area contributed by atoms with Gasteiger partial charge in [0, 0.05) is 36.1 Å². The van der Waals surface area contributed by atoms with E-state index in [1.807, 2.05) is 25.2 Å². The van der Waals surface area contributed by atoms with Crippen LogP contribution in [0.2, 0.25) is 0 Å². The minimum Gasteiger partial charge on any atom is -0.350 e. The van der Waals surface area contributed by atoms with Crippen molar-refractivity contribution in [3.05, 3.63) is 66.4 Å². The Morgan fingerprint density at radius 2 is 1.71 bits per heavy atom. The third-order valence-corrected chi connectivity index (χ3v) is 6.39. The number of nitrogens with one attached hydrogen (secondary N) is 1. The molecule has 1 aromatic heterocycles. The molecular weight excluding hydrogens is 320 g/mol. The molecule has 0 radical (unpaired) electrons. The lowest BCUT2D eigenvalue weighted by Gasteiger charge is -2.16. The molecule has 1 aliphatic rings. The van der Waals surface area contributed by atoms with Crippen molar-refractivity contribution in [2.45, 2.75) is 23.2 Å². The first-order chi connectivity index (χ1) is 11.5. The van der Waals surface area contributed by atoms with E-state index >= 15 is 0 Å². The van der Waals surface area contributed by atoms with Crippen molar-refractivity contribution in [3.63, 3.8) is 0 Å². The molecule has 2 aromatic carbocycles. The second-order valence-corrected chi connectivity index (χ2v) is 8.36. The van der Waals surface area contributed by atoms with E-state index in [4.69, 9.17) is 0 Å². The molecule has 24 heavy (non-hydrogen) atoms. The fourth-order valence-electron chi connectivity index (χ4n) is 3.37. The third kappa shape index (κ3) is 2.54. The minimum atomic E-state index is -3.46. The Balaban J connectivity index is 1.63. The van der Waals surface area contributed by atoms with Crippen molar-refractivity contribution >= 4 is 20.9 Å². The molecule has 124 valence electrons. The van der Waals surface area contributed by atoms with E-state index < -0.39 is 10.0 Å². The lowest BCUT2D eigenvalue weighted by Crippen LogP contribution is -2.32. The fourth-order valence-corrected chi connectivity index (χ4v) is 4.52. The molecule has 4 rings (SSSR count). The van der Waals surface area contributed by atoms with Gasteiger partial charge in [-0.3, -0.25) is 0 Å². The van der Waals surface area contributed by atoms with Crippen LogP contribution >= 0.6 is 0 Å². The van der Waals surface area contributed by atoms with E-state index in [1.165, 1.54) is 16.5 Å². The van der Waals surface area contributed by atoms with E-state index in [1.54, 1.807) is 24.3 Å². The normalized spacial score (nSPS) is 16.4. The SMILES string of the molecule is Cn1cc(C2(CNS(=O)(=O)c3ccccc3)CC2)c2ccccc21. The summed E-state index contributed by atoms with van der Waals surface area (Å²) in [7, 11) is -1.43. The molecule has 1 aliphatic carbocycles. The Morgan fingerprint density at radius 3 is 2.42 bits per heavy atom. The molecule has 0 atom stereocenters. The molecule has 0 amide bonds. The number of aryl methyl sites for hydroxylation is 1. The summed E-state index contributed by atoms with van der Waals surface area (Å²) in [6, 6.07) is 16.8. The Kier molecular flexibility index (Phi) is 3.51. The molecule has 0 unspecified atom stereocenters. The smallest absolute Gasteiger partial charge is 0.240 e. The van der Waals surface area contributed by atoms with Crippen LogP contribution in [0.3, 0.4) is 0 Å². The molecular formula is C19H20N2O2S. The van der Waals surface area contributed by atoms with Crippen molar-refractivity contribution in [2.24, 2.45) is 7.05 Å². The zero-order chi connectivity index (χ0) is 16.8. The largest absolute Gasteiger partial charge is 0.350 e. The second-order valence-electron chi connectivity index (χ2n) is 6.59. The van der Waals surface area contributed by atoms with E-state index in [9.17, 15) is 8.42 Å². The predicted octanol–water partition coefficient (Wildman–Crippen LogP) is 3.19. The van der Waals surface area contributed by atoms with Gasteiger partial charge < -0.3 is 4.57 Å². The molecule has 1 N–H and O–H groups in total. The van der Waals surface area contributed by atoms with Crippen molar-refractivity contribution < 1.29 is 8.42 Å². The van der Waals surface area contributed by atoms with Crippen LogP contribution in [0.1, 0.15) is 18.4 Å². The first-order valence-corrected chi connectivity index (χ1v) is 9.59. The summed E-state index contributed by atoms with van der Waals surface area (Å²) >= 11 is 0. The molecule has 5 heteroatoms.